The number of rotatable bonds is 9. The number of carbonyl (C=O) groups excluding carboxylic acids is 1. The minimum atomic E-state index is -3.81. The number of para-hydroxylation sites is 2. The molecular formula is C18H21Cl3GeNO4P. The monoisotopic (exact) mass is 525 g/mol. The van der Waals surface area contributed by atoms with Crippen molar-refractivity contribution in [2.75, 3.05) is 0 Å². The molecule has 0 aliphatic rings. The van der Waals surface area contributed by atoms with Crippen LogP contribution in [0.4, 0.5) is 0 Å². The van der Waals surface area contributed by atoms with Crippen LogP contribution in [0.1, 0.15) is 13.8 Å². The number of halogens is 3. The zero-order valence-electron chi connectivity index (χ0n) is 15.3. The number of benzene rings is 2. The second-order valence-electron chi connectivity index (χ2n) is 6.25. The normalized spacial score (nSPS) is 14.0. The zero-order valence-corrected chi connectivity index (χ0v) is 20.6. The minimum absolute atomic E-state index is 0.201. The Labute approximate surface area is 180 Å². The predicted molar refractivity (Wildman–Crippen MR) is 117 cm³/mol. The third-order valence-electron chi connectivity index (χ3n) is 3.76. The molecule has 2 rings (SSSR count). The first-order valence-corrected chi connectivity index (χ1v) is 19.9. The molecule has 0 saturated heterocycles. The van der Waals surface area contributed by atoms with E-state index in [0.29, 0.717) is 11.5 Å². The molecule has 1 N–H and O–H groups in total. The van der Waals surface area contributed by atoms with E-state index in [1.54, 1.807) is 62.4 Å². The summed E-state index contributed by atoms with van der Waals surface area (Å²) >= 11 is 0. The quantitative estimate of drug-likeness (QED) is 0.318. The van der Waals surface area contributed by atoms with Gasteiger partial charge in [0.05, 0.1) is 0 Å². The van der Waals surface area contributed by atoms with Crippen LogP contribution in [0.15, 0.2) is 60.7 Å². The van der Waals surface area contributed by atoms with Gasteiger partial charge in [0, 0.05) is 0 Å². The van der Waals surface area contributed by atoms with Crippen LogP contribution >= 0.6 is 37.6 Å². The van der Waals surface area contributed by atoms with Crippen LogP contribution in [0.25, 0.3) is 0 Å². The van der Waals surface area contributed by atoms with Gasteiger partial charge in [-0.05, 0) is 0 Å². The number of carbonyl (C=O) groups is 1. The van der Waals surface area contributed by atoms with Crippen molar-refractivity contribution in [3.05, 3.63) is 60.7 Å². The van der Waals surface area contributed by atoms with E-state index in [4.69, 9.17) is 39.1 Å². The first kappa shape index (κ1) is 23.4. The Morgan fingerprint density at radius 2 is 1.39 bits per heavy atom. The molecule has 0 saturated carbocycles. The molecule has 2 aromatic rings. The van der Waals surface area contributed by atoms with Crippen LogP contribution in [0.2, 0.25) is 5.25 Å². The van der Waals surface area contributed by atoms with E-state index in [-0.39, 0.29) is 11.2 Å². The Morgan fingerprint density at radius 3 is 1.79 bits per heavy atom. The topological polar surface area (TPSA) is 64.6 Å². The molecule has 0 spiro atoms. The Hall–Kier alpha value is -0.847. The summed E-state index contributed by atoms with van der Waals surface area (Å²) in [5, 5.41) is 2.89. The zero-order chi connectivity index (χ0) is 20.8. The number of hydrogen-bond acceptors (Lipinski definition) is 4. The second kappa shape index (κ2) is 10.3. The SMILES string of the molecule is CC([CH2][Ge]([Cl])([Cl])[Cl])C(=O)NC(C)P(=O)(Oc1ccccc1)Oc1ccccc1. The summed E-state index contributed by atoms with van der Waals surface area (Å²) in [6.07, 6.45) is 0. The first-order valence-electron chi connectivity index (χ1n) is 8.55. The van der Waals surface area contributed by atoms with Crippen LogP contribution < -0.4 is 14.4 Å². The van der Waals surface area contributed by atoms with Gasteiger partial charge in [0.1, 0.15) is 0 Å². The molecule has 2 unspecified atom stereocenters. The van der Waals surface area contributed by atoms with Crippen molar-refractivity contribution in [2.45, 2.75) is 24.9 Å². The molecule has 152 valence electrons. The maximum absolute atomic E-state index is 13.6. The van der Waals surface area contributed by atoms with Gasteiger partial charge in [0.15, 0.2) is 0 Å². The van der Waals surface area contributed by atoms with Crippen LogP contribution in [0.5, 0.6) is 11.5 Å². The Bertz CT molecular complexity index is 775. The summed E-state index contributed by atoms with van der Waals surface area (Å²) < 4.78 is 25.0. The molecule has 0 bridgehead atoms. The van der Waals surface area contributed by atoms with E-state index in [1.165, 1.54) is 0 Å². The van der Waals surface area contributed by atoms with Crippen LogP contribution in [-0.2, 0) is 9.36 Å². The summed E-state index contributed by atoms with van der Waals surface area (Å²) in [5.74, 6) is -1.10. The van der Waals surface area contributed by atoms with Gasteiger partial charge in [0.2, 0.25) is 0 Å². The third kappa shape index (κ3) is 7.53. The molecule has 0 heterocycles. The number of nitrogens with one attached hydrogen (secondary N) is 1. The fourth-order valence-electron chi connectivity index (χ4n) is 2.30. The van der Waals surface area contributed by atoms with Gasteiger partial charge in [-0.15, -0.1) is 0 Å². The van der Waals surface area contributed by atoms with E-state index < -0.39 is 29.8 Å². The molecule has 0 aliphatic carbocycles. The fraction of sp³-hybridized carbons (Fsp3) is 0.278. The Balaban J connectivity index is 2.20. The summed E-state index contributed by atoms with van der Waals surface area (Å²) in [7, 11) is 10.6. The molecule has 0 fully saturated rings. The van der Waals surface area contributed by atoms with Crippen molar-refractivity contribution in [3.8, 4) is 11.5 Å². The fourth-order valence-corrected chi connectivity index (χ4v) is 9.22. The maximum atomic E-state index is 13.6. The van der Waals surface area contributed by atoms with Gasteiger partial charge in [-0.1, -0.05) is 0 Å². The number of hydrogen-bond donors (Lipinski definition) is 1. The van der Waals surface area contributed by atoms with E-state index in [9.17, 15) is 9.36 Å². The molecule has 28 heavy (non-hydrogen) atoms. The molecular weight excluding hydrogens is 504 g/mol. The molecule has 0 aromatic heterocycles. The summed E-state index contributed by atoms with van der Waals surface area (Å²) in [5.41, 5.74) is 0. The Kier molecular flexibility index (Phi) is 8.59. The van der Waals surface area contributed by atoms with Crippen LogP contribution in [-0.4, -0.2) is 22.2 Å². The van der Waals surface area contributed by atoms with Crippen molar-refractivity contribution in [1.82, 2.24) is 5.32 Å². The first-order chi connectivity index (χ1) is 13.1. The van der Waals surface area contributed by atoms with Crippen molar-refractivity contribution in [3.63, 3.8) is 0 Å². The van der Waals surface area contributed by atoms with Crippen molar-refractivity contribution >= 4 is 54.0 Å². The third-order valence-corrected chi connectivity index (χ3v) is 10.4. The second-order valence-corrected chi connectivity index (χ2v) is 25.0. The molecule has 0 aliphatic heterocycles. The van der Waals surface area contributed by atoms with Crippen molar-refractivity contribution < 1.29 is 18.4 Å². The van der Waals surface area contributed by atoms with Gasteiger partial charge in [-0.3, -0.25) is 0 Å². The Morgan fingerprint density at radius 1 is 0.964 bits per heavy atom. The van der Waals surface area contributed by atoms with E-state index in [0.717, 1.165) is 0 Å². The average Bonchev–Trinajstić information content (AvgIpc) is 2.61. The molecule has 5 nitrogen and oxygen atoms in total. The molecule has 1 amide bonds. The molecule has 2 aromatic carbocycles. The summed E-state index contributed by atoms with van der Waals surface area (Å²) in [4.78, 5) is 12.5. The van der Waals surface area contributed by atoms with Gasteiger partial charge in [-0.2, -0.15) is 0 Å². The summed E-state index contributed by atoms with van der Waals surface area (Å²) in [6, 6.07) is 17.3. The molecule has 10 heteroatoms. The number of amides is 1. The molecule has 0 radical (unpaired) electrons. The summed E-state index contributed by atoms with van der Waals surface area (Å²) in [6.45, 7) is 3.23. The van der Waals surface area contributed by atoms with Crippen LogP contribution in [0.3, 0.4) is 0 Å². The van der Waals surface area contributed by atoms with Crippen molar-refractivity contribution in [2.24, 2.45) is 5.92 Å². The predicted octanol–water partition coefficient (Wildman–Crippen LogP) is 6.09. The van der Waals surface area contributed by atoms with Gasteiger partial charge in [-0.25, -0.2) is 0 Å². The van der Waals surface area contributed by atoms with Crippen LogP contribution in [0, 0.1) is 5.92 Å². The standard InChI is InChI=1S/C18H21Cl3GeNO4P/c1-14(13-22(19,20)21)18(24)23-15(2)28(25,26-16-9-5-3-6-10-16)27-17-11-7-4-8-12-17/h3-12,14-15H,13H2,1-2H3,(H,23,24). The van der Waals surface area contributed by atoms with Gasteiger partial charge < -0.3 is 0 Å². The van der Waals surface area contributed by atoms with E-state index in [1.807, 2.05) is 12.1 Å². The van der Waals surface area contributed by atoms with Gasteiger partial charge >= 0.3 is 181 Å². The average molecular weight is 525 g/mol. The van der Waals surface area contributed by atoms with Gasteiger partial charge in [0.25, 0.3) is 0 Å². The van der Waals surface area contributed by atoms with E-state index >= 15 is 0 Å². The van der Waals surface area contributed by atoms with Crippen molar-refractivity contribution in [1.29, 1.82) is 0 Å². The van der Waals surface area contributed by atoms with E-state index in [2.05, 4.69) is 5.32 Å². The molecule has 2 atom stereocenters.